The highest BCUT2D eigenvalue weighted by Gasteiger charge is 2.16. The van der Waals surface area contributed by atoms with Crippen molar-refractivity contribution in [2.75, 3.05) is 32.2 Å². The zero-order valence-corrected chi connectivity index (χ0v) is 12.8. The molecule has 0 aliphatic carbocycles. The van der Waals surface area contributed by atoms with Gasteiger partial charge < -0.3 is 10.1 Å². The number of nitrogens with one attached hydrogen (secondary N) is 1. The average Bonchev–Trinajstić information content (AvgIpc) is 2.24. The van der Waals surface area contributed by atoms with Gasteiger partial charge in [-0.2, -0.15) is 0 Å². The van der Waals surface area contributed by atoms with E-state index in [1.165, 1.54) is 6.42 Å². The van der Waals surface area contributed by atoms with E-state index < -0.39 is 0 Å². The molecule has 0 radical (unpaired) electrons. The highest BCUT2D eigenvalue weighted by Crippen LogP contribution is 2.21. The van der Waals surface area contributed by atoms with Crippen LogP contribution in [0.2, 0.25) is 0 Å². The molecule has 3 heteroatoms. The summed E-state index contributed by atoms with van der Waals surface area (Å²) in [6, 6.07) is 0. The average molecular weight is 264 g/mol. The van der Waals surface area contributed by atoms with Crippen molar-refractivity contribution in [2.45, 2.75) is 47.0 Å². The molecule has 0 spiro atoms. The van der Waals surface area contributed by atoms with Crippen LogP contribution >= 0.6 is 11.6 Å². The lowest BCUT2D eigenvalue weighted by molar-refractivity contribution is 0.123. The lowest BCUT2D eigenvalue weighted by atomic mass is 9.88. The van der Waals surface area contributed by atoms with Crippen molar-refractivity contribution in [1.29, 1.82) is 0 Å². The van der Waals surface area contributed by atoms with E-state index >= 15 is 0 Å². The summed E-state index contributed by atoms with van der Waals surface area (Å²) in [6.07, 6.45) is 3.43. The topological polar surface area (TPSA) is 21.3 Å². The molecule has 0 aromatic rings. The summed E-state index contributed by atoms with van der Waals surface area (Å²) in [5, 5.41) is 3.45. The first-order valence-corrected chi connectivity index (χ1v) is 7.36. The van der Waals surface area contributed by atoms with E-state index in [0.29, 0.717) is 5.41 Å². The molecule has 0 aromatic heterocycles. The molecule has 0 unspecified atom stereocenters. The Labute approximate surface area is 112 Å². The maximum absolute atomic E-state index is 5.71. The molecule has 0 amide bonds. The molecule has 0 fully saturated rings. The minimum Gasteiger partial charge on any atom is -0.380 e. The van der Waals surface area contributed by atoms with E-state index in [1.54, 1.807) is 0 Å². The Bertz CT molecular complexity index is 172. The fourth-order valence-electron chi connectivity index (χ4n) is 1.63. The van der Waals surface area contributed by atoms with Gasteiger partial charge in [-0.25, -0.2) is 0 Å². The van der Waals surface area contributed by atoms with Crippen LogP contribution in [0.3, 0.4) is 0 Å². The van der Waals surface area contributed by atoms with Crippen LogP contribution < -0.4 is 5.32 Å². The van der Waals surface area contributed by atoms with Crippen molar-refractivity contribution < 1.29 is 4.74 Å². The molecule has 0 saturated heterocycles. The normalized spacial score (nSPS) is 12.4. The summed E-state index contributed by atoms with van der Waals surface area (Å²) >= 11 is 5.71. The number of alkyl halides is 1. The van der Waals surface area contributed by atoms with Gasteiger partial charge in [0.2, 0.25) is 0 Å². The van der Waals surface area contributed by atoms with Crippen molar-refractivity contribution in [3.63, 3.8) is 0 Å². The van der Waals surface area contributed by atoms with Gasteiger partial charge in [-0.15, -0.1) is 11.6 Å². The van der Waals surface area contributed by atoms with Crippen LogP contribution in [-0.2, 0) is 4.74 Å². The van der Waals surface area contributed by atoms with Gasteiger partial charge in [-0.3, -0.25) is 0 Å². The molecule has 0 aromatic carbocycles. The van der Waals surface area contributed by atoms with Gasteiger partial charge in [0.25, 0.3) is 0 Å². The third-order valence-corrected chi connectivity index (χ3v) is 3.12. The van der Waals surface area contributed by atoms with Gasteiger partial charge in [0.05, 0.1) is 6.61 Å². The molecule has 0 rings (SSSR count). The molecule has 0 saturated carbocycles. The molecule has 2 nitrogen and oxygen atoms in total. The quantitative estimate of drug-likeness (QED) is 0.454. The second-order valence-corrected chi connectivity index (χ2v) is 6.31. The van der Waals surface area contributed by atoms with Crippen LogP contribution in [0.4, 0.5) is 0 Å². The minimum absolute atomic E-state index is 0.340. The first-order chi connectivity index (χ1) is 7.98. The molecular weight excluding hydrogens is 234 g/mol. The van der Waals surface area contributed by atoms with Crippen molar-refractivity contribution in [3.8, 4) is 0 Å². The number of halogens is 1. The van der Waals surface area contributed by atoms with E-state index in [1.807, 2.05) is 0 Å². The Hall–Kier alpha value is 0.210. The minimum atomic E-state index is 0.340. The standard InChI is InChI=1S/C14H30ClNO/c1-13(2)6-10-17-11-9-16-12-14(3,4)7-5-8-15/h13,16H,5-12H2,1-4H3. The number of hydrogen-bond acceptors (Lipinski definition) is 2. The maximum atomic E-state index is 5.71. The Morgan fingerprint density at radius 1 is 1.24 bits per heavy atom. The molecule has 0 heterocycles. The van der Waals surface area contributed by atoms with Crippen LogP contribution in [0.25, 0.3) is 0 Å². The smallest absolute Gasteiger partial charge is 0.0590 e. The molecule has 17 heavy (non-hydrogen) atoms. The van der Waals surface area contributed by atoms with E-state index in [4.69, 9.17) is 16.3 Å². The summed E-state index contributed by atoms with van der Waals surface area (Å²) in [5.74, 6) is 1.50. The lowest BCUT2D eigenvalue weighted by Crippen LogP contribution is -2.31. The van der Waals surface area contributed by atoms with Crippen LogP contribution in [0.15, 0.2) is 0 Å². The van der Waals surface area contributed by atoms with Crippen LogP contribution in [0.5, 0.6) is 0 Å². The van der Waals surface area contributed by atoms with Crippen molar-refractivity contribution in [3.05, 3.63) is 0 Å². The number of rotatable bonds is 11. The fraction of sp³-hybridized carbons (Fsp3) is 1.00. The van der Waals surface area contributed by atoms with Gasteiger partial charge >= 0.3 is 0 Å². The summed E-state index contributed by atoms with van der Waals surface area (Å²) < 4.78 is 5.56. The molecule has 0 aliphatic rings. The second kappa shape index (κ2) is 10.2. The third-order valence-electron chi connectivity index (χ3n) is 2.85. The lowest BCUT2D eigenvalue weighted by Gasteiger charge is -2.24. The van der Waals surface area contributed by atoms with Gasteiger partial charge in [-0.05, 0) is 30.6 Å². The Morgan fingerprint density at radius 2 is 1.94 bits per heavy atom. The molecule has 0 atom stereocenters. The molecule has 0 aliphatic heterocycles. The zero-order chi connectivity index (χ0) is 13.1. The predicted octanol–water partition coefficient (Wildman–Crippen LogP) is 3.68. The van der Waals surface area contributed by atoms with Gasteiger partial charge in [0.1, 0.15) is 0 Å². The first-order valence-electron chi connectivity index (χ1n) is 6.82. The summed E-state index contributed by atoms with van der Waals surface area (Å²) in [6.45, 7) is 12.7. The predicted molar refractivity (Wildman–Crippen MR) is 76.9 cm³/mol. The Morgan fingerprint density at radius 3 is 2.53 bits per heavy atom. The maximum Gasteiger partial charge on any atom is 0.0590 e. The van der Waals surface area contributed by atoms with Gasteiger partial charge in [0.15, 0.2) is 0 Å². The summed E-state index contributed by atoms with van der Waals surface area (Å²) in [7, 11) is 0. The summed E-state index contributed by atoms with van der Waals surface area (Å²) in [5.41, 5.74) is 0.340. The Kier molecular flexibility index (Phi) is 10.3. The second-order valence-electron chi connectivity index (χ2n) is 5.93. The molecule has 0 bridgehead atoms. The van der Waals surface area contributed by atoms with Crippen molar-refractivity contribution in [1.82, 2.24) is 5.32 Å². The van der Waals surface area contributed by atoms with E-state index in [0.717, 1.165) is 50.9 Å². The molecule has 104 valence electrons. The molecular formula is C14H30ClNO. The van der Waals surface area contributed by atoms with E-state index in [9.17, 15) is 0 Å². The monoisotopic (exact) mass is 263 g/mol. The van der Waals surface area contributed by atoms with Crippen LogP contribution in [-0.4, -0.2) is 32.2 Å². The third kappa shape index (κ3) is 12.5. The number of ether oxygens (including phenoxy) is 1. The Balaban J connectivity index is 3.32. The highest BCUT2D eigenvalue weighted by atomic mass is 35.5. The van der Waals surface area contributed by atoms with Crippen molar-refractivity contribution >= 4 is 11.6 Å². The zero-order valence-electron chi connectivity index (χ0n) is 12.0. The largest absolute Gasteiger partial charge is 0.380 e. The van der Waals surface area contributed by atoms with Gasteiger partial charge in [0, 0.05) is 25.6 Å². The van der Waals surface area contributed by atoms with Crippen LogP contribution in [0, 0.1) is 11.3 Å². The van der Waals surface area contributed by atoms with Crippen LogP contribution in [0.1, 0.15) is 47.0 Å². The number of hydrogen-bond donors (Lipinski definition) is 1. The highest BCUT2D eigenvalue weighted by molar-refractivity contribution is 6.17. The summed E-state index contributed by atoms with van der Waals surface area (Å²) in [4.78, 5) is 0. The SMILES string of the molecule is CC(C)CCOCCNCC(C)(C)CCCCl. The van der Waals surface area contributed by atoms with E-state index in [2.05, 4.69) is 33.0 Å². The van der Waals surface area contributed by atoms with Crippen molar-refractivity contribution in [2.24, 2.45) is 11.3 Å². The van der Waals surface area contributed by atoms with Gasteiger partial charge in [-0.1, -0.05) is 27.7 Å². The fourth-order valence-corrected chi connectivity index (χ4v) is 1.76. The molecule has 1 N–H and O–H groups in total. The van der Waals surface area contributed by atoms with E-state index in [-0.39, 0.29) is 0 Å². The first kappa shape index (κ1) is 17.2.